The Morgan fingerprint density at radius 1 is 1.22 bits per heavy atom. The van der Waals surface area contributed by atoms with E-state index in [1.807, 2.05) is 0 Å². The Morgan fingerprint density at radius 2 is 1.91 bits per heavy atom. The van der Waals surface area contributed by atoms with Crippen LogP contribution >= 0.6 is 0 Å². The molecule has 0 aromatic heterocycles. The summed E-state index contributed by atoms with van der Waals surface area (Å²) in [6.45, 7) is 4.33. The first kappa shape index (κ1) is 16.5. The molecule has 3 atom stereocenters. The second kappa shape index (κ2) is 6.27. The zero-order valence-corrected chi connectivity index (χ0v) is 14.6. The van der Waals surface area contributed by atoms with Crippen molar-refractivity contribution in [2.75, 3.05) is 11.5 Å². The van der Waals surface area contributed by atoms with Crippen LogP contribution in [0.3, 0.4) is 0 Å². The van der Waals surface area contributed by atoms with Gasteiger partial charge in [-0.05, 0) is 42.2 Å². The summed E-state index contributed by atoms with van der Waals surface area (Å²) in [4.78, 5) is 12.3. The van der Waals surface area contributed by atoms with E-state index in [9.17, 15) is 13.2 Å². The van der Waals surface area contributed by atoms with Gasteiger partial charge in [-0.2, -0.15) is 0 Å². The molecule has 0 spiro atoms. The monoisotopic (exact) mass is 335 g/mol. The van der Waals surface area contributed by atoms with Crippen LogP contribution in [0.5, 0.6) is 0 Å². The molecular weight excluding hydrogens is 310 g/mol. The Kier molecular flexibility index (Phi) is 4.50. The fourth-order valence-electron chi connectivity index (χ4n) is 3.43. The molecule has 0 bridgehead atoms. The van der Waals surface area contributed by atoms with Crippen LogP contribution in [0.2, 0.25) is 0 Å². The quantitative estimate of drug-likeness (QED) is 0.920. The molecule has 0 radical (unpaired) electrons. The molecule has 1 aliphatic heterocycles. The van der Waals surface area contributed by atoms with Gasteiger partial charge in [-0.1, -0.05) is 38.1 Å². The van der Waals surface area contributed by atoms with E-state index in [2.05, 4.69) is 43.4 Å². The zero-order chi connectivity index (χ0) is 16.6. The van der Waals surface area contributed by atoms with E-state index in [1.54, 1.807) is 0 Å². The maximum absolute atomic E-state index is 12.3. The van der Waals surface area contributed by atoms with Crippen LogP contribution in [-0.2, 0) is 14.6 Å². The summed E-state index contributed by atoms with van der Waals surface area (Å²) in [6, 6.07) is 8.32. The van der Waals surface area contributed by atoms with E-state index in [0.717, 1.165) is 12.8 Å². The van der Waals surface area contributed by atoms with Crippen LogP contribution in [0.15, 0.2) is 24.3 Å². The number of benzene rings is 1. The van der Waals surface area contributed by atoms with E-state index in [0.29, 0.717) is 12.3 Å². The highest BCUT2D eigenvalue weighted by Gasteiger charge is 2.44. The molecule has 1 heterocycles. The van der Waals surface area contributed by atoms with Crippen LogP contribution < -0.4 is 5.32 Å². The third kappa shape index (κ3) is 3.94. The zero-order valence-electron chi connectivity index (χ0n) is 13.8. The van der Waals surface area contributed by atoms with Crippen LogP contribution in [0, 0.1) is 5.92 Å². The molecular formula is C18H25NO3S. The second-order valence-electron chi connectivity index (χ2n) is 7.23. The van der Waals surface area contributed by atoms with Gasteiger partial charge in [-0.15, -0.1) is 0 Å². The van der Waals surface area contributed by atoms with E-state index >= 15 is 0 Å². The summed E-state index contributed by atoms with van der Waals surface area (Å²) in [5, 5.41) is 2.95. The summed E-state index contributed by atoms with van der Waals surface area (Å²) in [7, 11) is -2.98. The van der Waals surface area contributed by atoms with Crippen LogP contribution in [0.4, 0.5) is 0 Å². The molecule has 1 aromatic carbocycles. The molecule has 1 saturated heterocycles. The highest BCUT2D eigenvalue weighted by atomic mass is 32.2. The number of nitrogens with one attached hydrogen (secondary N) is 1. The minimum atomic E-state index is -2.98. The lowest BCUT2D eigenvalue weighted by molar-refractivity contribution is -0.123. The fraction of sp³-hybridized carbons (Fsp3) is 0.611. The predicted octanol–water partition coefficient (Wildman–Crippen LogP) is 2.61. The van der Waals surface area contributed by atoms with Crippen molar-refractivity contribution in [1.82, 2.24) is 5.32 Å². The van der Waals surface area contributed by atoms with Gasteiger partial charge in [0.2, 0.25) is 5.91 Å². The molecule has 2 aliphatic rings. The van der Waals surface area contributed by atoms with E-state index in [4.69, 9.17) is 0 Å². The molecule has 0 unspecified atom stereocenters. The lowest BCUT2D eigenvalue weighted by atomic mass is 10.00. The first-order chi connectivity index (χ1) is 10.9. The van der Waals surface area contributed by atoms with Crippen molar-refractivity contribution in [2.24, 2.45) is 5.92 Å². The second-order valence-corrected chi connectivity index (χ2v) is 9.46. The first-order valence-corrected chi connectivity index (χ1v) is 10.3. The van der Waals surface area contributed by atoms with Gasteiger partial charge >= 0.3 is 0 Å². The Labute approximate surface area is 138 Å². The molecule has 126 valence electrons. The number of carbonyl (C=O) groups excluding carboxylic acids is 1. The number of hydrogen-bond donors (Lipinski definition) is 1. The summed E-state index contributed by atoms with van der Waals surface area (Å²) < 4.78 is 23.3. The number of carbonyl (C=O) groups is 1. The number of hydrogen-bond acceptors (Lipinski definition) is 3. The summed E-state index contributed by atoms with van der Waals surface area (Å²) in [5.41, 5.74) is 2.52. The molecule has 2 fully saturated rings. The summed E-state index contributed by atoms with van der Waals surface area (Å²) >= 11 is 0. The van der Waals surface area contributed by atoms with Crippen molar-refractivity contribution in [3.63, 3.8) is 0 Å². The third-order valence-corrected chi connectivity index (χ3v) is 6.79. The van der Waals surface area contributed by atoms with Gasteiger partial charge in [0.1, 0.15) is 0 Å². The fourth-order valence-corrected chi connectivity index (χ4v) is 5.06. The van der Waals surface area contributed by atoms with Crippen molar-refractivity contribution >= 4 is 15.7 Å². The van der Waals surface area contributed by atoms with E-state index in [-0.39, 0.29) is 35.3 Å². The van der Waals surface area contributed by atoms with Crippen molar-refractivity contribution < 1.29 is 13.2 Å². The molecule has 23 heavy (non-hydrogen) atoms. The summed E-state index contributed by atoms with van der Waals surface area (Å²) in [5.74, 6) is 1.17. The minimum absolute atomic E-state index is 0.00420. The van der Waals surface area contributed by atoms with Gasteiger partial charge in [-0.25, -0.2) is 8.42 Å². The average Bonchev–Trinajstić information content (AvgIpc) is 3.27. The Balaban J connectivity index is 1.56. The van der Waals surface area contributed by atoms with Crippen LogP contribution in [-0.4, -0.2) is 31.9 Å². The lowest BCUT2D eigenvalue weighted by Gasteiger charge is -2.23. The van der Waals surface area contributed by atoms with Crippen LogP contribution in [0.1, 0.15) is 56.1 Å². The number of sulfone groups is 1. The topological polar surface area (TPSA) is 63.2 Å². The molecule has 1 saturated carbocycles. The standard InChI is InChI=1S/C18H25NO3S/c1-12(2)13-5-7-14(8-6-13)16-10-17(16)18(20)19-15-4-3-9-23(21,22)11-15/h5-8,12,15-17H,3-4,9-11H2,1-2H3,(H,19,20)/t15-,16-,17+/m0/s1. The lowest BCUT2D eigenvalue weighted by Crippen LogP contribution is -2.43. The SMILES string of the molecule is CC(C)c1ccc([C@@H]2C[C@H]2C(=O)N[C@H]2CCCS(=O)(=O)C2)cc1. The van der Waals surface area contributed by atoms with Crippen molar-refractivity contribution in [1.29, 1.82) is 0 Å². The highest BCUT2D eigenvalue weighted by Crippen LogP contribution is 2.47. The van der Waals surface area contributed by atoms with E-state index in [1.165, 1.54) is 11.1 Å². The maximum atomic E-state index is 12.3. The van der Waals surface area contributed by atoms with Gasteiger partial charge in [-0.3, -0.25) is 4.79 Å². The van der Waals surface area contributed by atoms with Crippen molar-refractivity contribution in [3.05, 3.63) is 35.4 Å². The molecule has 1 amide bonds. The Bertz CT molecular complexity index is 679. The highest BCUT2D eigenvalue weighted by molar-refractivity contribution is 7.91. The van der Waals surface area contributed by atoms with Crippen molar-refractivity contribution in [3.8, 4) is 0 Å². The maximum Gasteiger partial charge on any atom is 0.223 e. The predicted molar refractivity (Wildman–Crippen MR) is 91.2 cm³/mol. The molecule has 4 nitrogen and oxygen atoms in total. The normalized spacial score (nSPS) is 29.3. The van der Waals surface area contributed by atoms with Crippen molar-refractivity contribution in [2.45, 2.75) is 51.0 Å². The smallest absolute Gasteiger partial charge is 0.223 e. The molecule has 1 N–H and O–H groups in total. The van der Waals surface area contributed by atoms with Gasteiger partial charge in [0.25, 0.3) is 0 Å². The number of amides is 1. The van der Waals surface area contributed by atoms with Gasteiger partial charge < -0.3 is 5.32 Å². The number of rotatable bonds is 4. The Morgan fingerprint density at radius 3 is 2.52 bits per heavy atom. The summed E-state index contributed by atoms with van der Waals surface area (Å²) in [6.07, 6.45) is 2.29. The van der Waals surface area contributed by atoms with Crippen LogP contribution in [0.25, 0.3) is 0 Å². The molecule has 1 aromatic rings. The molecule has 3 rings (SSSR count). The molecule has 5 heteroatoms. The van der Waals surface area contributed by atoms with Gasteiger partial charge in [0, 0.05) is 12.0 Å². The average molecular weight is 335 g/mol. The van der Waals surface area contributed by atoms with Gasteiger partial charge in [0.05, 0.1) is 11.5 Å². The van der Waals surface area contributed by atoms with E-state index < -0.39 is 9.84 Å². The first-order valence-electron chi connectivity index (χ1n) is 8.46. The van der Waals surface area contributed by atoms with Gasteiger partial charge in [0.15, 0.2) is 9.84 Å². The molecule has 1 aliphatic carbocycles. The minimum Gasteiger partial charge on any atom is -0.352 e. The Hall–Kier alpha value is -1.36. The largest absolute Gasteiger partial charge is 0.352 e. The third-order valence-electron chi connectivity index (χ3n) is 4.97.